The molecule has 1 heterocycles. The molecule has 1 aromatic heterocycles. The van der Waals surface area contributed by atoms with Crippen molar-refractivity contribution in [2.24, 2.45) is 5.73 Å². The third-order valence-corrected chi connectivity index (χ3v) is 2.50. The Morgan fingerprint density at radius 2 is 2.31 bits per heavy atom. The van der Waals surface area contributed by atoms with Gasteiger partial charge < -0.3 is 15.7 Å². The van der Waals surface area contributed by atoms with E-state index in [1.165, 1.54) is 0 Å². The van der Waals surface area contributed by atoms with E-state index in [9.17, 15) is 5.11 Å². The van der Waals surface area contributed by atoms with Crippen LogP contribution in [-0.2, 0) is 6.42 Å². The molecule has 16 heavy (non-hydrogen) atoms. The molecule has 0 aromatic carbocycles. The maximum atomic E-state index is 9.58. The maximum Gasteiger partial charge on any atom is 0.0679 e. The summed E-state index contributed by atoms with van der Waals surface area (Å²) in [5, 5.41) is 9.58. The van der Waals surface area contributed by atoms with Crippen molar-refractivity contribution in [2.45, 2.75) is 18.9 Å². The Bertz CT molecular complexity index is 279. The number of pyridine rings is 1. The second-order valence-electron chi connectivity index (χ2n) is 4.06. The number of likely N-dealkylation sites (N-methyl/N-ethyl adjacent to an activating group) is 1. The van der Waals surface area contributed by atoms with Crippen LogP contribution in [0.4, 0.5) is 0 Å². The van der Waals surface area contributed by atoms with Gasteiger partial charge in [0, 0.05) is 31.4 Å². The molecular formula is C12H21N3O. The Morgan fingerprint density at radius 1 is 1.50 bits per heavy atom. The molecule has 0 spiro atoms. The molecule has 0 fully saturated rings. The molecule has 0 saturated heterocycles. The molecule has 4 heteroatoms. The summed E-state index contributed by atoms with van der Waals surface area (Å²) in [6, 6.07) is 5.92. The highest BCUT2D eigenvalue weighted by Gasteiger charge is 2.07. The smallest absolute Gasteiger partial charge is 0.0679 e. The average Bonchev–Trinajstić information content (AvgIpc) is 2.28. The molecule has 3 N–H and O–H groups in total. The van der Waals surface area contributed by atoms with E-state index >= 15 is 0 Å². The summed E-state index contributed by atoms with van der Waals surface area (Å²) >= 11 is 0. The lowest BCUT2D eigenvalue weighted by Gasteiger charge is -2.19. The van der Waals surface area contributed by atoms with Gasteiger partial charge in [0.1, 0.15) is 0 Å². The van der Waals surface area contributed by atoms with E-state index in [1.807, 2.05) is 25.2 Å². The predicted molar refractivity (Wildman–Crippen MR) is 65.1 cm³/mol. The first-order valence-electron chi connectivity index (χ1n) is 5.69. The Labute approximate surface area is 97.1 Å². The Kier molecular flexibility index (Phi) is 6.00. The van der Waals surface area contributed by atoms with Crippen molar-refractivity contribution in [2.75, 3.05) is 26.7 Å². The van der Waals surface area contributed by atoms with Crippen LogP contribution in [0.2, 0.25) is 0 Å². The van der Waals surface area contributed by atoms with Crippen molar-refractivity contribution < 1.29 is 5.11 Å². The second kappa shape index (κ2) is 7.33. The molecule has 0 aliphatic rings. The fourth-order valence-electron chi connectivity index (χ4n) is 1.59. The lowest BCUT2D eigenvalue weighted by atomic mass is 10.2. The number of aliphatic hydroxyl groups is 1. The Hall–Kier alpha value is -0.970. The summed E-state index contributed by atoms with van der Waals surface area (Å²) in [6.07, 6.45) is 3.05. The number of hydrogen-bond acceptors (Lipinski definition) is 4. The molecular weight excluding hydrogens is 202 g/mol. The van der Waals surface area contributed by atoms with Gasteiger partial charge in [0.15, 0.2) is 0 Å². The fourth-order valence-corrected chi connectivity index (χ4v) is 1.59. The zero-order chi connectivity index (χ0) is 11.8. The lowest BCUT2D eigenvalue weighted by molar-refractivity contribution is 0.120. The van der Waals surface area contributed by atoms with Crippen molar-refractivity contribution in [3.8, 4) is 0 Å². The first-order valence-corrected chi connectivity index (χ1v) is 5.69. The second-order valence-corrected chi connectivity index (χ2v) is 4.06. The van der Waals surface area contributed by atoms with Gasteiger partial charge in [-0.15, -0.1) is 0 Å². The largest absolute Gasteiger partial charge is 0.392 e. The summed E-state index contributed by atoms with van der Waals surface area (Å²) in [7, 11) is 2.00. The third kappa shape index (κ3) is 5.21. The average molecular weight is 223 g/mol. The van der Waals surface area contributed by atoms with E-state index in [4.69, 9.17) is 5.73 Å². The Morgan fingerprint density at radius 3 is 2.94 bits per heavy atom. The third-order valence-electron chi connectivity index (χ3n) is 2.50. The highest BCUT2D eigenvalue weighted by atomic mass is 16.3. The minimum absolute atomic E-state index is 0.321. The van der Waals surface area contributed by atoms with Crippen molar-refractivity contribution >= 4 is 0 Å². The fraction of sp³-hybridized carbons (Fsp3) is 0.583. The first kappa shape index (κ1) is 13.1. The molecule has 1 aromatic rings. The van der Waals surface area contributed by atoms with Crippen LogP contribution in [0.1, 0.15) is 12.1 Å². The number of rotatable bonds is 7. The van der Waals surface area contributed by atoms with Gasteiger partial charge in [-0.25, -0.2) is 0 Å². The van der Waals surface area contributed by atoms with Crippen LogP contribution in [0.25, 0.3) is 0 Å². The van der Waals surface area contributed by atoms with Crippen LogP contribution in [0, 0.1) is 0 Å². The SMILES string of the molecule is CN(CCc1ccccn1)CC(O)CCN. The molecule has 1 atom stereocenters. The molecule has 0 aliphatic heterocycles. The van der Waals surface area contributed by atoms with E-state index < -0.39 is 0 Å². The van der Waals surface area contributed by atoms with E-state index in [0.29, 0.717) is 19.5 Å². The zero-order valence-corrected chi connectivity index (χ0v) is 9.84. The molecule has 0 bridgehead atoms. The monoisotopic (exact) mass is 223 g/mol. The summed E-state index contributed by atoms with van der Waals surface area (Å²) in [4.78, 5) is 6.36. The van der Waals surface area contributed by atoms with E-state index in [0.717, 1.165) is 18.7 Å². The van der Waals surface area contributed by atoms with E-state index in [-0.39, 0.29) is 6.10 Å². The molecule has 0 amide bonds. The minimum atomic E-state index is -0.321. The highest BCUT2D eigenvalue weighted by Crippen LogP contribution is 1.98. The van der Waals surface area contributed by atoms with Crippen molar-refractivity contribution in [1.29, 1.82) is 0 Å². The summed E-state index contributed by atoms with van der Waals surface area (Å²) in [5.74, 6) is 0. The van der Waals surface area contributed by atoms with Crippen molar-refractivity contribution in [1.82, 2.24) is 9.88 Å². The molecule has 4 nitrogen and oxygen atoms in total. The van der Waals surface area contributed by atoms with Gasteiger partial charge in [-0.2, -0.15) is 0 Å². The van der Waals surface area contributed by atoms with Gasteiger partial charge in [0.25, 0.3) is 0 Å². The van der Waals surface area contributed by atoms with E-state index in [2.05, 4.69) is 9.88 Å². The molecule has 1 rings (SSSR count). The van der Waals surface area contributed by atoms with Gasteiger partial charge >= 0.3 is 0 Å². The highest BCUT2D eigenvalue weighted by molar-refractivity contribution is 5.03. The summed E-state index contributed by atoms with van der Waals surface area (Å²) in [6.45, 7) is 2.11. The number of aliphatic hydroxyl groups excluding tert-OH is 1. The summed E-state index contributed by atoms with van der Waals surface area (Å²) in [5.41, 5.74) is 6.47. The molecule has 0 saturated carbocycles. The van der Waals surface area contributed by atoms with Crippen molar-refractivity contribution in [3.63, 3.8) is 0 Å². The van der Waals surface area contributed by atoms with Crippen molar-refractivity contribution in [3.05, 3.63) is 30.1 Å². The van der Waals surface area contributed by atoms with Gasteiger partial charge in [-0.05, 0) is 32.1 Å². The molecule has 0 aliphatic carbocycles. The van der Waals surface area contributed by atoms with Crippen LogP contribution in [0.5, 0.6) is 0 Å². The van der Waals surface area contributed by atoms with E-state index in [1.54, 1.807) is 6.20 Å². The van der Waals surface area contributed by atoms with Crippen LogP contribution in [0.3, 0.4) is 0 Å². The molecule has 90 valence electrons. The summed E-state index contributed by atoms with van der Waals surface area (Å²) < 4.78 is 0. The maximum absolute atomic E-state index is 9.58. The zero-order valence-electron chi connectivity index (χ0n) is 9.84. The lowest BCUT2D eigenvalue weighted by Crippen LogP contribution is -2.32. The van der Waals surface area contributed by atoms with Gasteiger partial charge in [0.05, 0.1) is 6.10 Å². The van der Waals surface area contributed by atoms with Crippen LogP contribution in [0.15, 0.2) is 24.4 Å². The first-order chi connectivity index (χ1) is 7.72. The number of hydrogen-bond donors (Lipinski definition) is 2. The number of nitrogens with zero attached hydrogens (tertiary/aromatic N) is 2. The van der Waals surface area contributed by atoms with Crippen LogP contribution in [-0.4, -0.2) is 47.8 Å². The van der Waals surface area contributed by atoms with Crippen LogP contribution >= 0.6 is 0 Å². The minimum Gasteiger partial charge on any atom is -0.392 e. The van der Waals surface area contributed by atoms with Gasteiger partial charge in [-0.1, -0.05) is 6.07 Å². The number of aromatic nitrogens is 1. The topological polar surface area (TPSA) is 62.4 Å². The normalized spacial score (nSPS) is 13.0. The van der Waals surface area contributed by atoms with Gasteiger partial charge in [0.2, 0.25) is 0 Å². The molecule has 0 radical (unpaired) electrons. The van der Waals surface area contributed by atoms with Crippen LogP contribution < -0.4 is 5.73 Å². The molecule has 1 unspecified atom stereocenters. The predicted octanol–water partition coefficient (Wildman–Crippen LogP) is 0.266. The quantitative estimate of drug-likeness (QED) is 0.696. The Balaban J connectivity index is 2.22. The van der Waals surface area contributed by atoms with Gasteiger partial charge in [-0.3, -0.25) is 4.98 Å². The number of nitrogens with two attached hydrogens (primary N) is 1. The standard InChI is InChI=1S/C12H21N3O/c1-15(10-12(16)5-7-13)9-6-11-4-2-3-8-14-11/h2-4,8,12,16H,5-7,9-10,13H2,1H3.